The van der Waals surface area contributed by atoms with Gasteiger partial charge in [-0.1, -0.05) is 68.8 Å². The second-order valence-corrected chi connectivity index (χ2v) is 7.91. The summed E-state index contributed by atoms with van der Waals surface area (Å²) in [5.74, 6) is 1.75. The molecule has 0 saturated carbocycles. The van der Waals surface area contributed by atoms with Crippen molar-refractivity contribution in [3.05, 3.63) is 81.5 Å². The number of hydrogen-bond acceptors (Lipinski definition) is 6. The Hall–Kier alpha value is -4.14. The van der Waals surface area contributed by atoms with Crippen molar-refractivity contribution >= 4 is 5.78 Å². The Morgan fingerprint density at radius 1 is 0.970 bits per heavy atom. The predicted octanol–water partition coefficient (Wildman–Crippen LogP) is 3.37. The first-order valence-electron chi connectivity index (χ1n) is 11.1. The van der Waals surface area contributed by atoms with E-state index in [4.69, 9.17) is 4.98 Å². The number of tetrazole rings is 1. The average molecular weight is 441 g/mol. The first-order valence-corrected chi connectivity index (χ1v) is 11.1. The minimum atomic E-state index is -0.0813. The van der Waals surface area contributed by atoms with Crippen molar-refractivity contribution in [2.75, 3.05) is 0 Å². The molecule has 5 aromatic rings. The molecule has 0 atom stereocenters. The van der Waals surface area contributed by atoms with Crippen molar-refractivity contribution in [2.45, 2.75) is 39.5 Å². The van der Waals surface area contributed by atoms with Crippen LogP contribution in [0.4, 0.5) is 0 Å². The summed E-state index contributed by atoms with van der Waals surface area (Å²) in [4.78, 5) is 22.4. The molecular formula is C24H24N8O. The summed E-state index contributed by atoms with van der Waals surface area (Å²) in [5.41, 5.74) is 5.46. The van der Waals surface area contributed by atoms with Crippen LogP contribution in [0.25, 0.3) is 28.3 Å². The van der Waals surface area contributed by atoms with E-state index < -0.39 is 0 Å². The van der Waals surface area contributed by atoms with Crippen molar-refractivity contribution in [3.8, 4) is 22.5 Å². The molecule has 0 aliphatic heterocycles. The van der Waals surface area contributed by atoms with Gasteiger partial charge in [-0.15, -0.1) is 10.2 Å². The van der Waals surface area contributed by atoms with Gasteiger partial charge in [0.1, 0.15) is 5.82 Å². The van der Waals surface area contributed by atoms with Gasteiger partial charge in [0, 0.05) is 24.0 Å². The summed E-state index contributed by atoms with van der Waals surface area (Å²) >= 11 is 0. The van der Waals surface area contributed by atoms with Gasteiger partial charge in [0.2, 0.25) is 5.82 Å². The third kappa shape index (κ3) is 3.93. The van der Waals surface area contributed by atoms with Gasteiger partial charge in [-0.2, -0.15) is 14.7 Å². The van der Waals surface area contributed by atoms with E-state index in [1.807, 2.05) is 31.2 Å². The molecule has 0 spiro atoms. The minimum Gasteiger partial charge on any atom is -0.275 e. The first kappa shape index (κ1) is 20.7. The number of aromatic amines is 2. The summed E-state index contributed by atoms with van der Waals surface area (Å²) in [6.45, 7) is 4.08. The molecule has 0 aliphatic rings. The van der Waals surface area contributed by atoms with Gasteiger partial charge in [-0.3, -0.25) is 9.89 Å². The smallest absolute Gasteiger partial charge is 0.275 e. The summed E-state index contributed by atoms with van der Waals surface area (Å²) in [6, 6.07) is 16.2. The van der Waals surface area contributed by atoms with E-state index in [-0.39, 0.29) is 5.56 Å². The number of nitrogens with one attached hydrogen (secondary N) is 2. The van der Waals surface area contributed by atoms with Crippen LogP contribution in [-0.2, 0) is 19.3 Å². The van der Waals surface area contributed by atoms with Gasteiger partial charge in [0.15, 0.2) is 0 Å². The molecule has 3 aromatic heterocycles. The van der Waals surface area contributed by atoms with Crippen LogP contribution < -0.4 is 5.56 Å². The van der Waals surface area contributed by atoms with Crippen LogP contribution in [-0.4, -0.2) is 40.2 Å². The van der Waals surface area contributed by atoms with E-state index in [2.05, 4.69) is 61.9 Å². The summed E-state index contributed by atoms with van der Waals surface area (Å²) < 4.78 is 1.46. The molecule has 0 amide bonds. The highest BCUT2D eigenvalue weighted by atomic mass is 16.1. The highest BCUT2D eigenvalue weighted by Gasteiger charge is 2.16. The van der Waals surface area contributed by atoms with Gasteiger partial charge < -0.3 is 0 Å². The number of hydrogen-bond donors (Lipinski definition) is 2. The number of rotatable bonds is 7. The number of H-pyrrole nitrogens is 2. The highest BCUT2D eigenvalue weighted by molar-refractivity contribution is 5.80. The van der Waals surface area contributed by atoms with E-state index in [1.54, 1.807) is 0 Å². The third-order valence-electron chi connectivity index (χ3n) is 5.70. The SMILES string of the molecule is CCCc1nc2nc(CC)[nH]n2c(=O)c1Cc1ccc(-c2ccccc2-c2nn[nH]n2)cc1. The van der Waals surface area contributed by atoms with Crippen LogP contribution in [0, 0.1) is 0 Å². The zero-order valence-electron chi connectivity index (χ0n) is 18.5. The quantitative estimate of drug-likeness (QED) is 0.401. The summed E-state index contributed by atoms with van der Waals surface area (Å²) in [7, 11) is 0. The number of aromatic nitrogens is 8. The summed E-state index contributed by atoms with van der Waals surface area (Å²) in [5, 5.41) is 17.5. The van der Waals surface area contributed by atoms with Crippen LogP contribution in [0.3, 0.4) is 0 Å². The Morgan fingerprint density at radius 2 is 1.76 bits per heavy atom. The minimum absolute atomic E-state index is 0.0813. The van der Waals surface area contributed by atoms with Crippen molar-refractivity contribution in [1.82, 2.24) is 40.2 Å². The number of benzene rings is 2. The normalized spacial score (nSPS) is 11.3. The standard InChI is InChI=1S/C24H24N8O/c1-3-7-20-19(23(33)32-24(25-20)26-21(4-2)29-32)14-15-10-12-16(13-11-15)17-8-5-6-9-18(17)22-27-30-31-28-22/h5-6,8-13H,3-4,7,14H2,1-2H3,(H,25,26,29)(H,27,28,30,31). The van der Waals surface area contributed by atoms with Crippen molar-refractivity contribution < 1.29 is 0 Å². The Balaban J connectivity index is 1.50. The molecule has 0 radical (unpaired) electrons. The van der Waals surface area contributed by atoms with E-state index in [9.17, 15) is 4.79 Å². The predicted molar refractivity (Wildman–Crippen MR) is 125 cm³/mol. The molecule has 0 saturated heterocycles. The van der Waals surface area contributed by atoms with E-state index >= 15 is 0 Å². The molecule has 9 nitrogen and oxygen atoms in total. The van der Waals surface area contributed by atoms with Gasteiger partial charge >= 0.3 is 0 Å². The maximum atomic E-state index is 13.3. The average Bonchev–Trinajstić information content (AvgIpc) is 3.52. The molecular weight excluding hydrogens is 416 g/mol. The third-order valence-corrected chi connectivity index (χ3v) is 5.70. The van der Waals surface area contributed by atoms with Crippen molar-refractivity contribution in [3.63, 3.8) is 0 Å². The number of nitrogens with zero attached hydrogens (tertiary/aromatic N) is 6. The molecule has 0 fully saturated rings. The van der Waals surface area contributed by atoms with Crippen molar-refractivity contribution in [2.24, 2.45) is 0 Å². The lowest BCUT2D eigenvalue weighted by molar-refractivity contribution is 0.798. The Bertz CT molecular complexity index is 1450. The molecule has 2 N–H and O–H groups in total. The molecule has 33 heavy (non-hydrogen) atoms. The fourth-order valence-electron chi connectivity index (χ4n) is 4.03. The summed E-state index contributed by atoms with van der Waals surface area (Å²) in [6.07, 6.45) is 2.88. The van der Waals surface area contributed by atoms with E-state index in [1.165, 1.54) is 4.52 Å². The molecule has 0 aliphatic carbocycles. The van der Waals surface area contributed by atoms with Crippen LogP contribution in [0.5, 0.6) is 0 Å². The monoisotopic (exact) mass is 440 g/mol. The lowest BCUT2D eigenvalue weighted by Crippen LogP contribution is -2.23. The van der Waals surface area contributed by atoms with Gasteiger partial charge in [0.05, 0.1) is 5.69 Å². The van der Waals surface area contributed by atoms with Gasteiger partial charge in [-0.25, -0.2) is 4.98 Å². The Labute approximate surface area is 189 Å². The first-order chi connectivity index (χ1) is 16.2. The van der Waals surface area contributed by atoms with Crippen LogP contribution in [0.2, 0.25) is 0 Å². The van der Waals surface area contributed by atoms with Crippen LogP contribution in [0.1, 0.15) is 42.9 Å². The van der Waals surface area contributed by atoms with E-state index in [0.29, 0.717) is 30.0 Å². The molecule has 2 aromatic carbocycles. The topological polar surface area (TPSA) is 118 Å². The number of fused-ring (bicyclic) bond motifs is 1. The molecule has 5 rings (SSSR count). The fraction of sp³-hybridized carbons (Fsp3) is 0.250. The lowest BCUT2D eigenvalue weighted by Gasteiger charge is -2.10. The van der Waals surface area contributed by atoms with Gasteiger partial charge in [-0.05, 0) is 28.3 Å². The zero-order chi connectivity index (χ0) is 22.8. The van der Waals surface area contributed by atoms with Crippen LogP contribution in [0.15, 0.2) is 53.3 Å². The molecule has 0 bridgehead atoms. The Morgan fingerprint density at radius 3 is 2.45 bits per heavy atom. The van der Waals surface area contributed by atoms with Gasteiger partial charge in [0.25, 0.3) is 11.3 Å². The largest absolute Gasteiger partial charge is 0.277 e. The second-order valence-electron chi connectivity index (χ2n) is 7.91. The lowest BCUT2D eigenvalue weighted by atomic mass is 9.96. The molecule has 3 heterocycles. The molecule has 9 heteroatoms. The van der Waals surface area contributed by atoms with Crippen LogP contribution >= 0.6 is 0 Å². The maximum Gasteiger partial charge on any atom is 0.277 e. The fourth-order valence-corrected chi connectivity index (χ4v) is 4.03. The second kappa shape index (κ2) is 8.78. The zero-order valence-corrected chi connectivity index (χ0v) is 18.5. The van der Waals surface area contributed by atoms with Crippen molar-refractivity contribution in [1.29, 1.82) is 0 Å². The molecule has 0 unspecified atom stereocenters. The highest BCUT2D eigenvalue weighted by Crippen LogP contribution is 2.30. The number of aryl methyl sites for hydroxylation is 2. The van der Waals surface area contributed by atoms with E-state index in [0.717, 1.165) is 46.6 Å². The molecule has 166 valence electrons. The maximum absolute atomic E-state index is 13.3. The Kier molecular flexibility index (Phi) is 5.52.